The average Bonchev–Trinajstić information content (AvgIpc) is 3.10. The zero-order valence-electron chi connectivity index (χ0n) is 14.7. The minimum Gasteiger partial charge on any atom is -0.240 e. The second kappa shape index (κ2) is 7.47. The van der Waals surface area contributed by atoms with Crippen LogP contribution in [0.2, 0.25) is 0 Å². The minimum absolute atomic E-state index is 0.0915. The number of nitrogens with zero attached hydrogens (tertiary/aromatic N) is 2. The van der Waals surface area contributed by atoms with Crippen molar-refractivity contribution in [2.24, 2.45) is 0 Å². The Kier molecular flexibility index (Phi) is 5.02. The molecule has 28 heavy (non-hydrogen) atoms. The summed E-state index contributed by atoms with van der Waals surface area (Å²) in [5.41, 5.74) is 2.70. The van der Waals surface area contributed by atoms with Gasteiger partial charge in [0.15, 0.2) is 0 Å². The summed E-state index contributed by atoms with van der Waals surface area (Å²) in [6, 6.07) is 9.06. The van der Waals surface area contributed by atoms with Gasteiger partial charge in [-0.15, -0.1) is 11.8 Å². The highest BCUT2D eigenvalue weighted by atomic mass is 32.2. The second-order valence-corrected chi connectivity index (χ2v) is 7.64. The molecule has 2 heterocycles. The molecule has 0 N–H and O–H groups in total. The number of benzene rings is 1. The van der Waals surface area contributed by atoms with Gasteiger partial charge in [-0.25, -0.2) is 8.91 Å². The van der Waals surface area contributed by atoms with Gasteiger partial charge < -0.3 is 0 Å². The van der Waals surface area contributed by atoms with Crippen molar-refractivity contribution in [1.29, 1.82) is 0 Å². The van der Waals surface area contributed by atoms with Gasteiger partial charge in [0, 0.05) is 23.9 Å². The first kappa shape index (κ1) is 18.8. The van der Waals surface area contributed by atoms with Crippen LogP contribution in [0.5, 0.6) is 0 Å². The predicted molar refractivity (Wildman–Crippen MR) is 103 cm³/mol. The molecule has 2 nitrogen and oxygen atoms in total. The molecule has 1 aliphatic rings. The molecule has 0 radical (unpaired) electrons. The molecule has 0 saturated carbocycles. The zero-order valence-corrected chi connectivity index (χ0v) is 15.5. The number of pyridine rings is 1. The van der Waals surface area contributed by atoms with Gasteiger partial charge in [-0.2, -0.15) is 18.3 Å². The third-order valence-corrected chi connectivity index (χ3v) is 5.78. The fourth-order valence-electron chi connectivity index (χ4n) is 3.06. The molecule has 1 aliphatic carbocycles. The van der Waals surface area contributed by atoms with Crippen LogP contribution in [0.4, 0.5) is 17.6 Å². The highest BCUT2D eigenvalue weighted by Crippen LogP contribution is 2.33. The van der Waals surface area contributed by atoms with Crippen LogP contribution in [0.3, 0.4) is 0 Å². The second-order valence-electron chi connectivity index (χ2n) is 6.53. The molecular weight excluding hydrogens is 388 g/mol. The first-order valence-electron chi connectivity index (χ1n) is 8.72. The van der Waals surface area contributed by atoms with Crippen LogP contribution in [0.1, 0.15) is 24.0 Å². The number of aromatic nitrogens is 2. The molecule has 0 aliphatic heterocycles. The average molecular weight is 404 g/mol. The molecule has 7 heteroatoms. The van der Waals surface area contributed by atoms with E-state index in [9.17, 15) is 17.6 Å². The lowest BCUT2D eigenvalue weighted by Gasteiger charge is -2.10. The quantitative estimate of drug-likeness (QED) is 0.446. The topological polar surface area (TPSA) is 17.3 Å². The maximum atomic E-state index is 13.1. The lowest BCUT2D eigenvalue weighted by Crippen LogP contribution is -2.03. The van der Waals surface area contributed by atoms with Crippen molar-refractivity contribution in [1.82, 2.24) is 9.61 Å². The molecule has 0 unspecified atom stereocenters. The summed E-state index contributed by atoms with van der Waals surface area (Å²) in [7, 11) is 0. The van der Waals surface area contributed by atoms with Crippen LogP contribution in [0.15, 0.2) is 71.7 Å². The van der Waals surface area contributed by atoms with Crippen LogP contribution >= 0.6 is 11.8 Å². The fourth-order valence-corrected chi connectivity index (χ4v) is 4.01. The maximum absolute atomic E-state index is 13.1. The minimum atomic E-state index is -4.35. The molecule has 3 aromatic rings. The number of hydrogen-bond donors (Lipinski definition) is 0. The molecule has 0 spiro atoms. The van der Waals surface area contributed by atoms with Crippen molar-refractivity contribution in [2.45, 2.75) is 24.8 Å². The molecule has 0 amide bonds. The fraction of sp³-hybridized carbons (Fsp3) is 0.190. The SMILES string of the molecule is FC1=CC=C(SCc2ccn3ncc(-c4ccc(C(F)(F)F)cc4)c3c2)CC1. The maximum Gasteiger partial charge on any atom is 0.416 e. The third-order valence-electron chi connectivity index (χ3n) is 4.59. The molecule has 0 bridgehead atoms. The van der Waals surface area contributed by atoms with E-state index in [1.807, 2.05) is 24.4 Å². The number of allylic oxidation sites excluding steroid dienone is 4. The van der Waals surface area contributed by atoms with Crippen LogP contribution in [-0.4, -0.2) is 9.61 Å². The number of alkyl halides is 3. The van der Waals surface area contributed by atoms with Crippen molar-refractivity contribution >= 4 is 17.3 Å². The molecule has 2 aromatic heterocycles. The van der Waals surface area contributed by atoms with Gasteiger partial charge in [-0.05, 0) is 52.8 Å². The third kappa shape index (κ3) is 3.99. The first-order chi connectivity index (χ1) is 13.4. The highest BCUT2D eigenvalue weighted by Gasteiger charge is 2.30. The Morgan fingerprint density at radius 2 is 1.82 bits per heavy atom. The first-order valence-corrected chi connectivity index (χ1v) is 9.71. The van der Waals surface area contributed by atoms with Crippen molar-refractivity contribution in [3.63, 3.8) is 0 Å². The van der Waals surface area contributed by atoms with Crippen molar-refractivity contribution in [3.05, 3.63) is 82.8 Å². The van der Waals surface area contributed by atoms with Crippen molar-refractivity contribution in [3.8, 4) is 11.1 Å². The number of halogens is 4. The standard InChI is InChI=1S/C21H16F4N2S/c22-17-5-7-18(8-6-17)28-13-14-9-10-27-20(11-14)19(12-26-27)15-1-3-16(4-2-15)21(23,24)25/h1-5,7,9-12H,6,8,13H2. The smallest absolute Gasteiger partial charge is 0.240 e. The monoisotopic (exact) mass is 404 g/mol. The van der Waals surface area contributed by atoms with Gasteiger partial charge in [0.2, 0.25) is 0 Å². The Morgan fingerprint density at radius 3 is 2.50 bits per heavy atom. The zero-order chi connectivity index (χ0) is 19.7. The van der Waals surface area contributed by atoms with E-state index < -0.39 is 11.7 Å². The number of rotatable bonds is 4. The summed E-state index contributed by atoms with van der Waals surface area (Å²) >= 11 is 1.67. The van der Waals surface area contributed by atoms with E-state index in [-0.39, 0.29) is 5.83 Å². The lowest BCUT2D eigenvalue weighted by molar-refractivity contribution is -0.137. The highest BCUT2D eigenvalue weighted by molar-refractivity contribution is 8.02. The lowest BCUT2D eigenvalue weighted by atomic mass is 10.0. The molecular formula is C21H16F4N2S. The van der Waals surface area contributed by atoms with Gasteiger partial charge in [0.1, 0.15) is 5.83 Å². The molecule has 1 aromatic carbocycles. The molecule has 0 fully saturated rings. The van der Waals surface area contributed by atoms with Gasteiger partial charge in [-0.3, -0.25) is 0 Å². The van der Waals surface area contributed by atoms with E-state index in [4.69, 9.17) is 0 Å². The molecule has 4 rings (SSSR count). The molecule has 0 atom stereocenters. The van der Waals surface area contributed by atoms with Crippen molar-refractivity contribution in [2.75, 3.05) is 0 Å². The summed E-state index contributed by atoms with van der Waals surface area (Å²) < 4.78 is 53.1. The Labute approximate surface area is 163 Å². The Hall–Kier alpha value is -2.54. The predicted octanol–water partition coefficient (Wildman–Crippen LogP) is 6.78. The van der Waals surface area contributed by atoms with Crippen LogP contribution in [0.25, 0.3) is 16.6 Å². The summed E-state index contributed by atoms with van der Waals surface area (Å²) in [5, 5.41) is 4.29. The Bertz CT molecular complexity index is 1060. The summed E-state index contributed by atoms with van der Waals surface area (Å²) in [4.78, 5) is 1.14. The van der Waals surface area contributed by atoms with E-state index >= 15 is 0 Å². The normalized spacial score (nSPS) is 14.9. The van der Waals surface area contributed by atoms with Crippen LogP contribution in [0, 0.1) is 0 Å². The van der Waals surface area contributed by atoms with E-state index in [1.165, 1.54) is 18.2 Å². The van der Waals surface area contributed by atoms with Crippen LogP contribution in [-0.2, 0) is 11.9 Å². The van der Waals surface area contributed by atoms with Gasteiger partial charge in [-0.1, -0.05) is 18.2 Å². The number of fused-ring (bicyclic) bond motifs is 1. The molecule has 144 valence electrons. The Balaban J connectivity index is 1.58. The van der Waals surface area contributed by atoms with E-state index in [2.05, 4.69) is 5.10 Å². The number of hydrogen-bond acceptors (Lipinski definition) is 2. The van der Waals surface area contributed by atoms with Gasteiger partial charge in [0.25, 0.3) is 0 Å². The largest absolute Gasteiger partial charge is 0.416 e. The van der Waals surface area contributed by atoms with E-state index in [1.54, 1.807) is 22.5 Å². The van der Waals surface area contributed by atoms with E-state index in [0.717, 1.165) is 39.4 Å². The summed E-state index contributed by atoms with van der Waals surface area (Å²) in [5.74, 6) is 0.640. The summed E-state index contributed by atoms with van der Waals surface area (Å²) in [6.45, 7) is 0. The van der Waals surface area contributed by atoms with Crippen LogP contribution < -0.4 is 0 Å². The van der Waals surface area contributed by atoms with Gasteiger partial charge in [0.05, 0.1) is 17.3 Å². The van der Waals surface area contributed by atoms with Crippen molar-refractivity contribution < 1.29 is 17.6 Å². The van der Waals surface area contributed by atoms with E-state index in [0.29, 0.717) is 18.4 Å². The Morgan fingerprint density at radius 1 is 1.04 bits per heavy atom. The molecule has 0 saturated heterocycles. The summed E-state index contributed by atoms with van der Waals surface area (Å²) in [6.07, 6.45) is 3.62. The van der Waals surface area contributed by atoms with Gasteiger partial charge >= 0.3 is 6.18 Å². The number of thioether (sulfide) groups is 1.